The third kappa shape index (κ3) is 4.24. The lowest BCUT2D eigenvalue weighted by molar-refractivity contribution is -0.125. The molecule has 1 amide bonds. The van der Waals surface area contributed by atoms with Crippen LogP contribution in [0.1, 0.15) is 25.7 Å². The average molecular weight is 331 g/mol. The molecule has 6 nitrogen and oxygen atoms in total. The molecule has 3 rings (SSSR count). The Morgan fingerprint density at radius 1 is 1.42 bits per heavy atom. The maximum Gasteiger partial charge on any atom is 0.237 e. The fourth-order valence-corrected chi connectivity index (χ4v) is 4.00. The van der Waals surface area contributed by atoms with Crippen LogP contribution in [-0.4, -0.2) is 61.6 Å². The van der Waals surface area contributed by atoms with Crippen molar-refractivity contribution in [2.24, 2.45) is 5.41 Å². The molecule has 2 saturated heterocycles. The molecule has 2 aliphatic heterocycles. The number of anilines is 1. The van der Waals surface area contributed by atoms with Gasteiger partial charge in [-0.3, -0.25) is 14.7 Å². The van der Waals surface area contributed by atoms with E-state index in [2.05, 4.69) is 32.9 Å². The predicted molar refractivity (Wildman–Crippen MR) is 95.9 cm³/mol. The fourth-order valence-electron chi connectivity index (χ4n) is 4.00. The minimum absolute atomic E-state index is 0.0365. The van der Waals surface area contributed by atoms with Gasteiger partial charge in [-0.2, -0.15) is 0 Å². The van der Waals surface area contributed by atoms with Gasteiger partial charge in [-0.25, -0.2) is 0 Å². The number of likely N-dealkylation sites (N-methyl/N-ethyl adjacent to an activating group) is 1. The number of nitrogens with one attached hydrogen (secondary N) is 3. The van der Waals surface area contributed by atoms with Crippen LogP contribution in [0, 0.1) is 5.41 Å². The zero-order valence-electron chi connectivity index (χ0n) is 14.6. The first-order valence-electron chi connectivity index (χ1n) is 9.01. The Balaban J connectivity index is 1.37. The standard InChI is InChI=1S/C18H29N5O/c1-23-14-18(5-10-19-11-6-18)12-16(23)17(24)22-9-3-8-21-15-4-2-7-20-13-15/h2,4,7,13,16,19,21H,3,5-6,8-12,14H2,1H3,(H,22,24). The number of rotatable bonds is 6. The van der Waals surface area contributed by atoms with E-state index in [1.165, 1.54) is 12.8 Å². The summed E-state index contributed by atoms with van der Waals surface area (Å²) in [7, 11) is 2.09. The second-order valence-electron chi connectivity index (χ2n) is 7.20. The van der Waals surface area contributed by atoms with Crippen LogP contribution in [0.5, 0.6) is 0 Å². The maximum atomic E-state index is 12.5. The Morgan fingerprint density at radius 2 is 2.25 bits per heavy atom. The zero-order valence-corrected chi connectivity index (χ0v) is 14.6. The average Bonchev–Trinajstić information content (AvgIpc) is 2.92. The van der Waals surface area contributed by atoms with Gasteiger partial charge in [0.2, 0.25) is 5.91 Å². The van der Waals surface area contributed by atoms with Crippen molar-refractivity contribution in [1.82, 2.24) is 20.5 Å². The maximum absolute atomic E-state index is 12.5. The first-order chi connectivity index (χ1) is 11.7. The van der Waals surface area contributed by atoms with Crippen molar-refractivity contribution in [1.29, 1.82) is 0 Å². The highest BCUT2D eigenvalue weighted by molar-refractivity contribution is 5.82. The second-order valence-corrected chi connectivity index (χ2v) is 7.20. The highest BCUT2D eigenvalue weighted by atomic mass is 16.2. The van der Waals surface area contributed by atoms with Crippen molar-refractivity contribution in [3.8, 4) is 0 Å². The van der Waals surface area contributed by atoms with Crippen molar-refractivity contribution >= 4 is 11.6 Å². The summed E-state index contributed by atoms with van der Waals surface area (Å²) in [5.74, 6) is 0.189. The molecule has 2 aliphatic rings. The number of carbonyl (C=O) groups is 1. The Bertz CT molecular complexity index is 529. The van der Waals surface area contributed by atoms with Gasteiger partial charge in [0.15, 0.2) is 0 Å². The van der Waals surface area contributed by atoms with Crippen LogP contribution in [0.4, 0.5) is 5.69 Å². The lowest BCUT2D eigenvalue weighted by Gasteiger charge is -2.33. The topological polar surface area (TPSA) is 69.3 Å². The molecule has 0 aliphatic carbocycles. The van der Waals surface area contributed by atoms with Gasteiger partial charge in [-0.15, -0.1) is 0 Å². The molecule has 0 aromatic carbocycles. The first-order valence-corrected chi connectivity index (χ1v) is 9.01. The number of pyridine rings is 1. The summed E-state index contributed by atoms with van der Waals surface area (Å²) in [6, 6.07) is 3.95. The normalized spacial score (nSPS) is 23.3. The van der Waals surface area contributed by atoms with Gasteiger partial charge in [0, 0.05) is 32.0 Å². The van der Waals surface area contributed by atoms with Crippen LogP contribution in [0.2, 0.25) is 0 Å². The molecule has 24 heavy (non-hydrogen) atoms. The van der Waals surface area contributed by atoms with E-state index in [1.54, 1.807) is 6.20 Å². The minimum Gasteiger partial charge on any atom is -0.384 e. The Morgan fingerprint density at radius 3 is 3.00 bits per heavy atom. The van der Waals surface area contributed by atoms with Crippen LogP contribution < -0.4 is 16.0 Å². The molecule has 1 unspecified atom stereocenters. The summed E-state index contributed by atoms with van der Waals surface area (Å²) >= 11 is 0. The summed E-state index contributed by atoms with van der Waals surface area (Å²) in [5, 5.41) is 9.85. The van der Waals surface area contributed by atoms with Crippen molar-refractivity contribution in [3.63, 3.8) is 0 Å². The summed E-state index contributed by atoms with van der Waals surface area (Å²) in [6.07, 6.45) is 7.87. The molecule has 0 bridgehead atoms. The van der Waals surface area contributed by atoms with Gasteiger partial charge in [-0.05, 0) is 63.4 Å². The smallest absolute Gasteiger partial charge is 0.237 e. The zero-order chi connectivity index (χ0) is 16.8. The Hall–Kier alpha value is -1.66. The summed E-state index contributed by atoms with van der Waals surface area (Å²) in [5.41, 5.74) is 1.37. The van der Waals surface area contributed by atoms with Gasteiger partial charge in [-0.1, -0.05) is 0 Å². The lowest BCUT2D eigenvalue weighted by Crippen LogP contribution is -2.41. The first kappa shape index (κ1) is 17.2. The molecule has 132 valence electrons. The molecule has 1 aromatic heterocycles. The van der Waals surface area contributed by atoms with Crippen LogP contribution in [0.15, 0.2) is 24.5 Å². The van der Waals surface area contributed by atoms with Crippen molar-refractivity contribution in [2.75, 3.05) is 45.1 Å². The van der Waals surface area contributed by atoms with Crippen LogP contribution in [-0.2, 0) is 4.79 Å². The van der Waals surface area contributed by atoms with Gasteiger partial charge >= 0.3 is 0 Å². The number of carbonyl (C=O) groups excluding carboxylic acids is 1. The van der Waals surface area contributed by atoms with Crippen molar-refractivity contribution in [2.45, 2.75) is 31.7 Å². The number of hydrogen-bond donors (Lipinski definition) is 3. The summed E-state index contributed by atoms with van der Waals surface area (Å²) in [4.78, 5) is 18.8. The monoisotopic (exact) mass is 331 g/mol. The molecule has 2 fully saturated rings. The number of aromatic nitrogens is 1. The van der Waals surface area contributed by atoms with E-state index in [1.807, 2.05) is 18.3 Å². The Labute approximate surface area is 144 Å². The molecule has 1 aromatic rings. The second kappa shape index (κ2) is 7.94. The fraction of sp³-hybridized carbons (Fsp3) is 0.667. The third-order valence-corrected chi connectivity index (χ3v) is 5.35. The quantitative estimate of drug-likeness (QED) is 0.681. The van der Waals surface area contributed by atoms with Crippen LogP contribution >= 0.6 is 0 Å². The highest BCUT2D eigenvalue weighted by Gasteiger charge is 2.45. The van der Waals surface area contributed by atoms with Gasteiger partial charge in [0.1, 0.15) is 0 Å². The van der Waals surface area contributed by atoms with Crippen molar-refractivity contribution < 1.29 is 4.79 Å². The molecule has 1 atom stereocenters. The summed E-state index contributed by atoms with van der Waals surface area (Å²) < 4.78 is 0. The number of piperidine rings is 1. The highest BCUT2D eigenvalue weighted by Crippen LogP contribution is 2.41. The number of nitrogens with zero attached hydrogens (tertiary/aromatic N) is 2. The molecule has 3 N–H and O–H groups in total. The molecular weight excluding hydrogens is 302 g/mol. The van der Waals surface area contributed by atoms with E-state index in [-0.39, 0.29) is 11.9 Å². The molecule has 1 spiro atoms. The third-order valence-electron chi connectivity index (χ3n) is 5.35. The van der Waals surface area contributed by atoms with Crippen LogP contribution in [0.3, 0.4) is 0 Å². The van der Waals surface area contributed by atoms with Gasteiger partial charge in [0.05, 0.1) is 11.7 Å². The SMILES string of the molecule is CN1CC2(CCNCC2)CC1C(=O)NCCCNc1cccnc1. The van der Waals surface area contributed by atoms with Gasteiger partial charge in [0.25, 0.3) is 0 Å². The number of amides is 1. The van der Waals surface area contributed by atoms with E-state index in [9.17, 15) is 4.79 Å². The van der Waals surface area contributed by atoms with Crippen molar-refractivity contribution in [3.05, 3.63) is 24.5 Å². The van der Waals surface area contributed by atoms with E-state index in [0.717, 1.165) is 44.7 Å². The van der Waals surface area contributed by atoms with E-state index in [4.69, 9.17) is 0 Å². The minimum atomic E-state index is 0.0365. The molecular formula is C18H29N5O. The molecule has 0 radical (unpaired) electrons. The molecule has 6 heteroatoms. The van der Waals surface area contributed by atoms with Crippen LogP contribution in [0.25, 0.3) is 0 Å². The Kier molecular flexibility index (Phi) is 5.68. The van der Waals surface area contributed by atoms with E-state index < -0.39 is 0 Å². The van der Waals surface area contributed by atoms with E-state index in [0.29, 0.717) is 12.0 Å². The number of likely N-dealkylation sites (tertiary alicyclic amines) is 1. The predicted octanol–water partition coefficient (Wildman–Crippen LogP) is 1.07. The lowest BCUT2D eigenvalue weighted by atomic mass is 9.77. The molecule has 0 saturated carbocycles. The number of hydrogen-bond acceptors (Lipinski definition) is 5. The van der Waals surface area contributed by atoms with E-state index >= 15 is 0 Å². The van der Waals surface area contributed by atoms with Gasteiger partial charge < -0.3 is 16.0 Å². The molecule has 3 heterocycles. The largest absolute Gasteiger partial charge is 0.384 e. The summed E-state index contributed by atoms with van der Waals surface area (Å²) in [6.45, 7) is 4.77.